The van der Waals surface area contributed by atoms with Gasteiger partial charge < -0.3 is 25.4 Å². The Morgan fingerprint density at radius 2 is 2.16 bits per heavy atom. The lowest BCUT2D eigenvalue weighted by atomic mass is 9.85. The summed E-state index contributed by atoms with van der Waals surface area (Å²) in [6, 6.07) is -0.673. The van der Waals surface area contributed by atoms with Gasteiger partial charge in [-0.15, -0.1) is 0 Å². The second-order valence-electron chi connectivity index (χ2n) is 5.46. The van der Waals surface area contributed by atoms with Crippen LogP contribution in [0.1, 0.15) is 13.8 Å². The zero-order chi connectivity index (χ0) is 14.6. The molecule has 3 N–H and O–H groups in total. The number of carbonyl (C=O) groups excluding carboxylic acids is 1. The van der Waals surface area contributed by atoms with E-state index in [1.54, 1.807) is 6.92 Å². The maximum absolute atomic E-state index is 11.7. The summed E-state index contributed by atoms with van der Waals surface area (Å²) in [7, 11) is 3.85. The van der Waals surface area contributed by atoms with E-state index in [1.165, 1.54) is 0 Å². The minimum atomic E-state index is -1.06. The Kier molecular flexibility index (Phi) is 5.13. The molecule has 2 amide bonds. The van der Waals surface area contributed by atoms with Crippen LogP contribution in [-0.4, -0.2) is 67.9 Å². The van der Waals surface area contributed by atoms with E-state index < -0.39 is 17.4 Å². The fourth-order valence-electron chi connectivity index (χ4n) is 1.72. The minimum absolute atomic E-state index is 0.112. The molecule has 0 bridgehead atoms. The normalized spacial score (nSPS) is 28.2. The van der Waals surface area contributed by atoms with Crippen LogP contribution in [0.5, 0.6) is 0 Å². The summed E-state index contributed by atoms with van der Waals surface area (Å²) < 4.78 is 5.17. The van der Waals surface area contributed by atoms with Gasteiger partial charge in [-0.2, -0.15) is 0 Å². The van der Waals surface area contributed by atoms with Crippen LogP contribution in [0.4, 0.5) is 4.79 Å². The van der Waals surface area contributed by atoms with Crippen molar-refractivity contribution >= 4 is 12.0 Å². The number of carboxylic acid groups (broad SMARTS) is 1. The number of likely N-dealkylation sites (N-methyl/N-ethyl adjacent to an activating group) is 1. The zero-order valence-corrected chi connectivity index (χ0v) is 11.9. The summed E-state index contributed by atoms with van der Waals surface area (Å²) in [5, 5.41) is 14.6. The molecule has 110 valence electrons. The SMILES string of the molecule is CC(CNC(=O)NC1COCC1(C)C(=O)O)N(C)C. The molecule has 19 heavy (non-hydrogen) atoms. The Labute approximate surface area is 113 Å². The molecule has 3 atom stereocenters. The number of nitrogens with zero attached hydrogens (tertiary/aromatic N) is 1. The molecule has 1 rings (SSSR count). The quantitative estimate of drug-likeness (QED) is 0.641. The monoisotopic (exact) mass is 273 g/mol. The number of carbonyl (C=O) groups is 2. The van der Waals surface area contributed by atoms with Crippen molar-refractivity contribution in [3.8, 4) is 0 Å². The van der Waals surface area contributed by atoms with E-state index in [1.807, 2.05) is 25.9 Å². The van der Waals surface area contributed by atoms with Crippen LogP contribution < -0.4 is 10.6 Å². The first-order valence-corrected chi connectivity index (χ1v) is 6.29. The first kappa shape index (κ1) is 15.7. The van der Waals surface area contributed by atoms with Gasteiger partial charge in [-0.3, -0.25) is 4.79 Å². The largest absolute Gasteiger partial charge is 0.481 e. The summed E-state index contributed by atoms with van der Waals surface area (Å²) in [6.45, 7) is 4.40. The fourth-order valence-corrected chi connectivity index (χ4v) is 1.72. The van der Waals surface area contributed by atoms with E-state index >= 15 is 0 Å². The summed E-state index contributed by atoms with van der Waals surface area (Å²) >= 11 is 0. The van der Waals surface area contributed by atoms with Gasteiger partial charge in [0.25, 0.3) is 0 Å². The lowest BCUT2D eigenvalue weighted by Gasteiger charge is -2.26. The molecular weight excluding hydrogens is 250 g/mol. The fraction of sp³-hybridized carbons (Fsp3) is 0.833. The molecule has 0 aromatic rings. The van der Waals surface area contributed by atoms with Crippen LogP contribution in [-0.2, 0) is 9.53 Å². The molecule has 0 aliphatic carbocycles. The Bertz CT molecular complexity index is 348. The van der Waals surface area contributed by atoms with Crippen LogP contribution in [0, 0.1) is 5.41 Å². The molecule has 0 spiro atoms. The minimum Gasteiger partial charge on any atom is -0.481 e. The Morgan fingerprint density at radius 3 is 2.68 bits per heavy atom. The molecule has 0 radical (unpaired) electrons. The molecular formula is C12H23N3O4. The van der Waals surface area contributed by atoms with Gasteiger partial charge in [-0.05, 0) is 27.9 Å². The molecule has 1 heterocycles. The topological polar surface area (TPSA) is 90.9 Å². The van der Waals surface area contributed by atoms with Crippen molar-refractivity contribution in [2.45, 2.75) is 25.9 Å². The van der Waals surface area contributed by atoms with Gasteiger partial charge in [-0.25, -0.2) is 4.79 Å². The molecule has 0 saturated carbocycles. The highest BCUT2D eigenvalue weighted by Crippen LogP contribution is 2.28. The highest BCUT2D eigenvalue weighted by atomic mass is 16.5. The van der Waals surface area contributed by atoms with Gasteiger partial charge in [0.1, 0.15) is 5.41 Å². The number of hydrogen-bond acceptors (Lipinski definition) is 4. The highest BCUT2D eigenvalue weighted by Gasteiger charge is 2.47. The maximum atomic E-state index is 11.7. The third-order valence-corrected chi connectivity index (χ3v) is 3.69. The van der Waals surface area contributed by atoms with Gasteiger partial charge in [-0.1, -0.05) is 0 Å². The van der Waals surface area contributed by atoms with Crippen molar-refractivity contribution in [2.24, 2.45) is 5.41 Å². The number of carboxylic acids is 1. The Balaban J connectivity index is 2.46. The van der Waals surface area contributed by atoms with E-state index in [0.29, 0.717) is 6.54 Å². The van der Waals surface area contributed by atoms with Crippen LogP contribution in [0.2, 0.25) is 0 Å². The molecule has 1 fully saturated rings. The number of nitrogens with one attached hydrogen (secondary N) is 2. The van der Waals surface area contributed by atoms with Gasteiger partial charge in [0, 0.05) is 12.6 Å². The lowest BCUT2D eigenvalue weighted by Crippen LogP contribution is -2.53. The predicted octanol–water partition coefficient (Wildman–Crippen LogP) is -0.275. The van der Waals surface area contributed by atoms with Gasteiger partial charge in [0.05, 0.1) is 19.3 Å². The molecule has 7 heteroatoms. The third-order valence-electron chi connectivity index (χ3n) is 3.69. The second kappa shape index (κ2) is 6.21. The highest BCUT2D eigenvalue weighted by molar-refractivity contribution is 5.79. The summed E-state index contributed by atoms with van der Waals surface area (Å²) in [5.74, 6) is -0.961. The molecule has 3 unspecified atom stereocenters. The first-order chi connectivity index (χ1) is 8.77. The van der Waals surface area contributed by atoms with Crippen LogP contribution >= 0.6 is 0 Å². The Hall–Kier alpha value is -1.34. The molecule has 0 aromatic heterocycles. The van der Waals surface area contributed by atoms with Crippen molar-refractivity contribution in [1.29, 1.82) is 0 Å². The number of aliphatic carboxylic acids is 1. The summed E-state index contributed by atoms with van der Waals surface area (Å²) in [4.78, 5) is 24.9. The molecule has 1 aliphatic heterocycles. The average Bonchev–Trinajstić information content (AvgIpc) is 2.69. The molecule has 0 aromatic carbocycles. The number of rotatable bonds is 5. The van der Waals surface area contributed by atoms with Gasteiger partial charge >= 0.3 is 12.0 Å². The summed E-state index contributed by atoms with van der Waals surface area (Å²) in [5.41, 5.74) is -1.06. The van der Waals surface area contributed by atoms with Crippen molar-refractivity contribution in [2.75, 3.05) is 33.9 Å². The Morgan fingerprint density at radius 1 is 1.53 bits per heavy atom. The standard InChI is InChI=1S/C12H23N3O4/c1-8(15(3)4)5-13-11(18)14-9-6-19-7-12(9,2)10(16)17/h8-9H,5-7H2,1-4H3,(H,16,17)(H2,13,14,18). The summed E-state index contributed by atoms with van der Waals surface area (Å²) in [6.07, 6.45) is 0. The van der Waals surface area contributed by atoms with E-state index in [9.17, 15) is 14.7 Å². The predicted molar refractivity (Wildman–Crippen MR) is 70.0 cm³/mol. The van der Waals surface area contributed by atoms with E-state index in [-0.39, 0.29) is 25.3 Å². The lowest BCUT2D eigenvalue weighted by molar-refractivity contribution is -0.148. The number of ether oxygens (including phenoxy) is 1. The van der Waals surface area contributed by atoms with Crippen molar-refractivity contribution in [3.63, 3.8) is 0 Å². The van der Waals surface area contributed by atoms with Gasteiger partial charge in [0.2, 0.25) is 0 Å². The molecule has 7 nitrogen and oxygen atoms in total. The van der Waals surface area contributed by atoms with Crippen molar-refractivity contribution in [1.82, 2.24) is 15.5 Å². The number of amides is 2. The maximum Gasteiger partial charge on any atom is 0.315 e. The van der Waals surface area contributed by atoms with E-state index in [0.717, 1.165) is 0 Å². The smallest absolute Gasteiger partial charge is 0.315 e. The van der Waals surface area contributed by atoms with Crippen LogP contribution in [0.25, 0.3) is 0 Å². The van der Waals surface area contributed by atoms with Crippen LogP contribution in [0.3, 0.4) is 0 Å². The van der Waals surface area contributed by atoms with Crippen molar-refractivity contribution in [3.05, 3.63) is 0 Å². The molecule has 1 aliphatic rings. The number of hydrogen-bond donors (Lipinski definition) is 3. The van der Waals surface area contributed by atoms with Crippen LogP contribution in [0.15, 0.2) is 0 Å². The first-order valence-electron chi connectivity index (χ1n) is 6.29. The van der Waals surface area contributed by atoms with Gasteiger partial charge in [0.15, 0.2) is 0 Å². The van der Waals surface area contributed by atoms with E-state index in [4.69, 9.17) is 4.74 Å². The number of urea groups is 1. The molecule has 1 saturated heterocycles. The zero-order valence-electron chi connectivity index (χ0n) is 11.9. The van der Waals surface area contributed by atoms with E-state index in [2.05, 4.69) is 10.6 Å². The average molecular weight is 273 g/mol. The third kappa shape index (κ3) is 3.81. The second-order valence-corrected chi connectivity index (χ2v) is 5.46. The van der Waals surface area contributed by atoms with Crippen molar-refractivity contribution < 1.29 is 19.4 Å².